The molecule has 0 saturated carbocycles. The van der Waals surface area contributed by atoms with Gasteiger partial charge in [-0.25, -0.2) is 0 Å². The molecule has 100 valence electrons. The zero-order valence-corrected chi connectivity index (χ0v) is 11.4. The van der Waals surface area contributed by atoms with Gasteiger partial charge in [0.25, 0.3) is 0 Å². The van der Waals surface area contributed by atoms with Crippen molar-refractivity contribution in [3.05, 3.63) is 59.9 Å². The Bertz CT molecular complexity index is 590. The summed E-state index contributed by atoms with van der Waals surface area (Å²) in [5.74, 6) is 0.575. The molecule has 2 heterocycles. The molecule has 1 saturated heterocycles. The number of piperidine rings is 1. The molecule has 1 aromatic heterocycles. The fourth-order valence-corrected chi connectivity index (χ4v) is 2.80. The van der Waals surface area contributed by atoms with Gasteiger partial charge >= 0.3 is 0 Å². The molecular weight excluding hydrogens is 246 g/mol. The molecule has 0 aliphatic carbocycles. The van der Waals surface area contributed by atoms with Crippen molar-refractivity contribution >= 4 is 5.69 Å². The van der Waals surface area contributed by atoms with E-state index in [1.165, 1.54) is 11.4 Å². The van der Waals surface area contributed by atoms with Gasteiger partial charge in [0.1, 0.15) is 0 Å². The van der Waals surface area contributed by atoms with E-state index in [1.54, 1.807) is 0 Å². The molecule has 2 aromatic rings. The molecule has 3 heteroatoms. The van der Waals surface area contributed by atoms with Crippen LogP contribution in [0.15, 0.2) is 48.7 Å². The summed E-state index contributed by atoms with van der Waals surface area (Å²) in [6, 6.07) is 16.2. The van der Waals surface area contributed by atoms with E-state index in [9.17, 15) is 0 Å². The van der Waals surface area contributed by atoms with Crippen LogP contribution in [0.5, 0.6) is 0 Å². The second-order valence-corrected chi connectivity index (χ2v) is 5.17. The van der Waals surface area contributed by atoms with Crippen LogP contribution in [0.2, 0.25) is 0 Å². The lowest BCUT2D eigenvalue weighted by Crippen LogP contribution is -2.33. The summed E-state index contributed by atoms with van der Waals surface area (Å²) >= 11 is 0. The van der Waals surface area contributed by atoms with Gasteiger partial charge in [0.05, 0.1) is 11.6 Å². The molecule has 1 fully saturated rings. The van der Waals surface area contributed by atoms with Crippen LogP contribution in [0.3, 0.4) is 0 Å². The Balaban J connectivity index is 1.65. The highest BCUT2D eigenvalue weighted by molar-refractivity contribution is 5.50. The summed E-state index contributed by atoms with van der Waals surface area (Å²) in [7, 11) is 0. The zero-order chi connectivity index (χ0) is 13.8. The van der Waals surface area contributed by atoms with Gasteiger partial charge in [-0.05, 0) is 49.2 Å². The molecule has 0 bridgehead atoms. The van der Waals surface area contributed by atoms with E-state index in [2.05, 4.69) is 28.1 Å². The highest BCUT2D eigenvalue weighted by Gasteiger charge is 2.21. The topological polar surface area (TPSA) is 39.9 Å². The van der Waals surface area contributed by atoms with E-state index in [-0.39, 0.29) is 0 Å². The van der Waals surface area contributed by atoms with E-state index in [0.717, 1.165) is 31.5 Å². The first-order valence-electron chi connectivity index (χ1n) is 7.03. The van der Waals surface area contributed by atoms with E-state index < -0.39 is 0 Å². The van der Waals surface area contributed by atoms with Crippen molar-refractivity contribution < 1.29 is 0 Å². The second kappa shape index (κ2) is 5.75. The highest BCUT2D eigenvalue weighted by atomic mass is 15.1. The van der Waals surface area contributed by atoms with Gasteiger partial charge < -0.3 is 4.90 Å². The second-order valence-electron chi connectivity index (χ2n) is 5.17. The fourth-order valence-electron chi connectivity index (χ4n) is 2.80. The maximum absolute atomic E-state index is 8.83. The van der Waals surface area contributed by atoms with Gasteiger partial charge in [0.2, 0.25) is 0 Å². The van der Waals surface area contributed by atoms with Crippen LogP contribution in [0.1, 0.15) is 30.0 Å². The Morgan fingerprint density at radius 3 is 2.40 bits per heavy atom. The lowest BCUT2D eigenvalue weighted by atomic mass is 9.93. The van der Waals surface area contributed by atoms with Crippen LogP contribution >= 0.6 is 0 Å². The molecule has 0 atom stereocenters. The number of rotatable bonds is 2. The summed E-state index contributed by atoms with van der Waals surface area (Å²) in [6.45, 7) is 2.10. The molecule has 20 heavy (non-hydrogen) atoms. The summed E-state index contributed by atoms with van der Waals surface area (Å²) in [5.41, 5.74) is 3.15. The van der Waals surface area contributed by atoms with Crippen molar-refractivity contribution in [2.24, 2.45) is 0 Å². The Morgan fingerprint density at radius 1 is 1.05 bits per heavy atom. The number of hydrogen-bond acceptors (Lipinski definition) is 3. The van der Waals surface area contributed by atoms with Crippen LogP contribution < -0.4 is 4.90 Å². The van der Waals surface area contributed by atoms with Crippen LogP contribution in [-0.2, 0) is 0 Å². The monoisotopic (exact) mass is 263 g/mol. The van der Waals surface area contributed by atoms with Crippen molar-refractivity contribution in [1.29, 1.82) is 5.26 Å². The number of anilines is 1. The van der Waals surface area contributed by atoms with Gasteiger partial charge in [0.15, 0.2) is 0 Å². The maximum Gasteiger partial charge on any atom is 0.0991 e. The van der Waals surface area contributed by atoms with Gasteiger partial charge in [-0.1, -0.05) is 6.07 Å². The van der Waals surface area contributed by atoms with Crippen LogP contribution in [0.25, 0.3) is 0 Å². The average Bonchev–Trinajstić information content (AvgIpc) is 2.56. The summed E-state index contributed by atoms with van der Waals surface area (Å²) in [6.07, 6.45) is 4.15. The molecule has 0 N–H and O–H groups in total. The maximum atomic E-state index is 8.83. The molecule has 1 aliphatic heterocycles. The van der Waals surface area contributed by atoms with E-state index in [1.807, 2.05) is 36.5 Å². The van der Waals surface area contributed by atoms with Crippen LogP contribution in [0, 0.1) is 11.3 Å². The summed E-state index contributed by atoms with van der Waals surface area (Å²) in [5, 5.41) is 8.83. The first kappa shape index (κ1) is 12.7. The number of pyridine rings is 1. The fraction of sp³-hybridized carbons (Fsp3) is 0.294. The van der Waals surface area contributed by atoms with Crippen LogP contribution in [-0.4, -0.2) is 18.1 Å². The molecular formula is C17H17N3. The van der Waals surface area contributed by atoms with E-state index in [0.29, 0.717) is 5.92 Å². The van der Waals surface area contributed by atoms with E-state index in [4.69, 9.17) is 5.26 Å². The summed E-state index contributed by atoms with van der Waals surface area (Å²) < 4.78 is 0. The standard InChI is InChI=1S/C17H17N3/c18-13-14-4-6-16(7-5-14)20-11-8-15(9-12-20)17-3-1-2-10-19-17/h1-7,10,15H,8-9,11-12H2. The summed E-state index contributed by atoms with van der Waals surface area (Å²) in [4.78, 5) is 6.86. The minimum atomic E-state index is 0.575. The van der Waals surface area contributed by atoms with Crippen molar-refractivity contribution in [2.45, 2.75) is 18.8 Å². The van der Waals surface area contributed by atoms with Crippen molar-refractivity contribution in [3.8, 4) is 6.07 Å². The first-order chi connectivity index (χ1) is 9.86. The number of hydrogen-bond donors (Lipinski definition) is 0. The molecule has 0 radical (unpaired) electrons. The van der Waals surface area contributed by atoms with Gasteiger partial charge in [0, 0.05) is 36.6 Å². The molecule has 3 rings (SSSR count). The largest absolute Gasteiger partial charge is 0.371 e. The molecule has 0 spiro atoms. The minimum Gasteiger partial charge on any atom is -0.371 e. The van der Waals surface area contributed by atoms with E-state index >= 15 is 0 Å². The predicted octanol–water partition coefficient (Wildman–Crippen LogP) is 3.34. The number of nitriles is 1. The minimum absolute atomic E-state index is 0.575. The van der Waals surface area contributed by atoms with Gasteiger partial charge in [-0.3, -0.25) is 4.98 Å². The first-order valence-corrected chi connectivity index (χ1v) is 7.03. The number of nitrogens with zero attached hydrogens (tertiary/aromatic N) is 3. The third-order valence-corrected chi connectivity index (χ3v) is 3.96. The lowest BCUT2D eigenvalue weighted by Gasteiger charge is -2.33. The normalized spacial score (nSPS) is 15.8. The number of aromatic nitrogens is 1. The highest BCUT2D eigenvalue weighted by Crippen LogP contribution is 2.29. The molecule has 0 unspecified atom stereocenters. The Hall–Kier alpha value is -2.34. The lowest BCUT2D eigenvalue weighted by molar-refractivity contribution is 0.496. The van der Waals surface area contributed by atoms with Crippen molar-refractivity contribution in [1.82, 2.24) is 4.98 Å². The molecule has 0 amide bonds. The Kier molecular flexibility index (Phi) is 3.64. The quantitative estimate of drug-likeness (QED) is 0.834. The smallest absolute Gasteiger partial charge is 0.0991 e. The third kappa shape index (κ3) is 2.65. The predicted molar refractivity (Wildman–Crippen MR) is 79.6 cm³/mol. The zero-order valence-electron chi connectivity index (χ0n) is 11.4. The van der Waals surface area contributed by atoms with Crippen molar-refractivity contribution in [2.75, 3.05) is 18.0 Å². The van der Waals surface area contributed by atoms with Crippen LogP contribution in [0.4, 0.5) is 5.69 Å². The molecule has 1 aromatic carbocycles. The Morgan fingerprint density at radius 2 is 1.80 bits per heavy atom. The number of benzene rings is 1. The average molecular weight is 263 g/mol. The molecule has 1 aliphatic rings. The molecule has 3 nitrogen and oxygen atoms in total. The van der Waals surface area contributed by atoms with Gasteiger partial charge in [-0.2, -0.15) is 5.26 Å². The Labute approximate surface area is 119 Å². The van der Waals surface area contributed by atoms with Crippen molar-refractivity contribution in [3.63, 3.8) is 0 Å². The SMILES string of the molecule is N#Cc1ccc(N2CCC(c3ccccn3)CC2)cc1. The third-order valence-electron chi connectivity index (χ3n) is 3.96. The van der Waals surface area contributed by atoms with Gasteiger partial charge in [-0.15, -0.1) is 0 Å².